The molecule has 0 aromatic carbocycles. The van der Waals surface area contributed by atoms with Crippen molar-refractivity contribution in [3.05, 3.63) is 29.7 Å². The SMILES string of the molecule is C=CC1C=CC(CN=O)CC1. The third kappa shape index (κ3) is 2.30. The average Bonchev–Trinajstić information content (AvgIpc) is 2.07. The highest BCUT2D eigenvalue weighted by Crippen LogP contribution is 2.22. The molecule has 2 unspecified atom stereocenters. The Hall–Kier alpha value is -0.920. The van der Waals surface area contributed by atoms with Gasteiger partial charge in [-0.1, -0.05) is 23.4 Å². The van der Waals surface area contributed by atoms with Gasteiger partial charge in [0.15, 0.2) is 0 Å². The second-order valence-electron chi connectivity index (χ2n) is 2.93. The van der Waals surface area contributed by atoms with Crippen LogP contribution in [0.25, 0.3) is 0 Å². The first kappa shape index (κ1) is 8.18. The Kier molecular flexibility index (Phi) is 3.02. The number of hydrogen-bond acceptors (Lipinski definition) is 2. The zero-order valence-corrected chi connectivity index (χ0v) is 6.57. The summed E-state index contributed by atoms with van der Waals surface area (Å²) in [7, 11) is 0. The highest BCUT2D eigenvalue weighted by molar-refractivity contribution is 5.04. The van der Waals surface area contributed by atoms with Crippen LogP contribution in [-0.4, -0.2) is 6.54 Å². The third-order valence-corrected chi connectivity index (χ3v) is 2.11. The molecule has 0 aliphatic heterocycles. The predicted octanol–water partition coefficient (Wildman–Crippen LogP) is 2.52. The molecule has 1 aliphatic carbocycles. The van der Waals surface area contributed by atoms with Gasteiger partial charge >= 0.3 is 0 Å². The molecule has 2 atom stereocenters. The Bertz CT molecular complexity index is 174. The summed E-state index contributed by atoms with van der Waals surface area (Å²) in [4.78, 5) is 9.92. The van der Waals surface area contributed by atoms with E-state index in [0.717, 1.165) is 12.8 Å². The largest absolute Gasteiger partial charge is 0.151 e. The molecule has 0 fully saturated rings. The first-order valence-electron chi connectivity index (χ1n) is 3.97. The molecule has 0 aromatic heterocycles. The lowest BCUT2D eigenvalue weighted by molar-refractivity contribution is 0.506. The molecule has 1 aliphatic rings. The van der Waals surface area contributed by atoms with Gasteiger partial charge in [0.1, 0.15) is 0 Å². The lowest BCUT2D eigenvalue weighted by Gasteiger charge is -2.17. The Morgan fingerprint density at radius 2 is 2.36 bits per heavy atom. The molecule has 0 saturated carbocycles. The summed E-state index contributed by atoms with van der Waals surface area (Å²) in [6.07, 6.45) is 8.32. The molecule has 11 heavy (non-hydrogen) atoms. The van der Waals surface area contributed by atoms with Crippen LogP contribution in [0.2, 0.25) is 0 Å². The van der Waals surface area contributed by atoms with Crippen molar-refractivity contribution in [3.63, 3.8) is 0 Å². The lowest BCUT2D eigenvalue weighted by atomic mass is 9.89. The zero-order valence-electron chi connectivity index (χ0n) is 6.57. The van der Waals surface area contributed by atoms with Gasteiger partial charge in [-0.05, 0) is 24.7 Å². The van der Waals surface area contributed by atoms with Crippen LogP contribution in [0.4, 0.5) is 0 Å². The maximum Gasteiger partial charge on any atom is 0.0873 e. The normalized spacial score (nSPS) is 29.8. The van der Waals surface area contributed by atoms with Crippen molar-refractivity contribution in [1.29, 1.82) is 0 Å². The van der Waals surface area contributed by atoms with Crippen molar-refractivity contribution in [2.24, 2.45) is 17.0 Å². The van der Waals surface area contributed by atoms with E-state index >= 15 is 0 Å². The van der Waals surface area contributed by atoms with Crippen LogP contribution in [0.15, 0.2) is 30.0 Å². The highest BCUT2D eigenvalue weighted by Gasteiger charge is 2.12. The molecule has 0 saturated heterocycles. The van der Waals surface area contributed by atoms with Gasteiger partial charge in [0.25, 0.3) is 0 Å². The molecular weight excluding hydrogens is 138 g/mol. The van der Waals surface area contributed by atoms with E-state index in [0.29, 0.717) is 18.4 Å². The van der Waals surface area contributed by atoms with Crippen molar-refractivity contribution >= 4 is 0 Å². The minimum Gasteiger partial charge on any atom is -0.151 e. The van der Waals surface area contributed by atoms with E-state index in [9.17, 15) is 4.91 Å². The second-order valence-corrected chi connectivity index (χ2v) is 2.93. The standard InChI is InChI=1S/C9H13NO/c1-2-8-3-5-9(6-4-8)7-10-11/h2-3,5,8-9H,1,4,6-7H2. The molecule has 0 aromatic rings. The van der Waals surface area contributed by atoms with Crippen molar-refractivity contribution in [3.8, 4) is 0 Å². The molecule has 0 heterocycles. The van der Waals surface area contributed by atoms with E-state index in [1.165, 1.54) is 0 Å². The average molecular weight is 151 g/mol. The summed E-state index contributed by atoms with van der Waals surface area (Å²) < 4.78 is 0. The minimum absolute atomic E-state index is 0.378. The van der Waals surface area contributed by atoms with Crippen LogP contribution in [0.5, 0.6) is 0 Å². The van der Waals surface area contributed by atoms with Gasteiger partial charge in [0.2, 0.25) is 0 Å². The third-order valence-electron chi connectivity index (χ3n) is 2.11. The first-order valence-corrected chi connectivity index (χ1v) is 3.97. The van der Waals surface area contributed by atoms with Gasteiger partial charge in [0, 0.05) is 0 Å². The molecular formula is C9H13NO. The summed E-state index contributed by atoms with van der Waals surface area (Å²) in [6, 6.07) is 0. The van der Waals surface area contributed by atoms with E-state index in [-0.39, 0.29) is 0 Å². The summed E-state index contributed by atoms with van der Waals surface area (Å²) in [5, 5.41) is 2.88. The fourth-order valence-corrected chi connectivity index (χ4v) is 1.34. The zero-order chi connectivity index (χ0) is 8.10. The van der Waals surface area contributed by atoms with Crippen LogP contribution in [0.3, 0.4) is 0 Å². The predicted molar refractivity (Wildman–Crippen MR) is 46.2 cm³/mol. The molecule has 0 N–H and O–H groups in total. The highest BCUT2D eigenvalue weighted by atomic mass is 16.3. The summed E-state index contributed by atoms with van der Waals surface area (Å²) in [5.74, 6) is 0.890. The molecule has 0 amide bonds. The van der Waals surface area contributed by atoms with E-state index in [1.807, 2.05) is 6.08 Å². The van der Waals surface area contributed by atoms with Crippen LogP contribution in [0.1, 0.15) is 12.8 Å². The number of nitroso groups, excluding NO2 is 1. The summed E-state index contributed by atoms with van der Waals surface area (Å²) >= 11 is 0. The molecule has 60 valence electrons. The van der Waals surface area contributed by atoms with Crippen molar-refractivity contribution in [2.75, 3.05) is 6.54 Å². The smallest absolute Gasteiger partial charge is 0.0873 e. The molecule has 2 heteroatoms. The fraction of sp³-hybridized carbons (Fsp3) is 0.556. The van der Waals surface area contributed by atoms with Gasteiger partial charge in [-0.2, -0.15) is 4.91 Å². The Morgan fingerprint density at radius 1 is 1.55 bits per heavy atom. The quantitative estimate of drug-likeness (QED) is 0.450. The molecule has 2 nitrogen and oxygen atoms in total. The number of rotatable bonds is 3. The van der Waals surface area contributed by atoms with Crippen LogP contribution in [0, 0.1) is 16.7 Å². The van der Waals surface area contributed by atoms with E-state index in [4.69, 9.17) is 0 Å². The van der Waals surface area contributed by atoms with Gasteiger partial charge < -0.3 is 0 Å². The van der Waals surface area contributed by atoms with Crippen LogP contribution < -0.4 is 0 Å². The van der Waals surface area contributed by atoms with E-state index < -0.39 is 0 Å². The van der Waals surface area contributed by atoms with Gasteiger partial charge in [-0.15, -0.1) is 6.58 Å². The topological polar surface area (TPSA) is 29.4 Å². The second kappa shape index (κ2) is 4.06. The maximum absolute atomic E-state index is 9.92. The molecule has 0 bridgehead atoms. The Labute approximate surface area is 67.0 Å². The van der Waals surface area contributed by atoms with E-state index in [2.05, 4.69) is 23.9 Å². The lowest BCUT2D eigenvalue weighted by Crippen LogP contribution is -2.09. The summed E-state index contributed by atoms with van der Waals surface area (Å²) in [5.41, 5.74) is 0. The Balaban J connectivity index is 2.41. The number of hydrogen-bond donors (Lipinski definition) is 0. The van der Waals surface area contributed by atoms with Crippen molar-refractivity contribution in [1.82, 2.24) is 0 Å². The van der Waals surface area contributed by atoms with Gasteiger partial charge in [-0.25, -0.2) is 0 Å². The molecule has 0 spiro atoms. The summed E-state index contributed by atoms with van der Waals surface area (Å²) in [6.45, 7) is 4.15. The van der Waals surface area contributed by atoms with Crippen molar-refractivity contribution < 1.29 is 0 Å². The van der Waals surface area contributed by atoms with E-state index in [1.54, 1.807) is 0 Å². The molecule has 0 radical (unpaired) electrons. The number of allylic oxidation sites excluding steroid dienone is 2. The maximum atomic E-state index is 9.92. The van der Waals surface area contributed by atoms with Crippen LogP contribution in [-0.2, 0) is 0 Å². The molecule has 1 rings (SSSR count). The fourth-order valence-electron chi connectivity index (χ4n) is 1.34. The Morgan fingerprint density at radius 3 is 2.82 bits per heavy atom. The minimum atomic E-state index is 0.378. The van der Waals surface area contributed by atoms with Crippen molar-refractivity contribution in [2.45, 2.75) is 12.8 Å². The number of nitrogens with zero attached hydrogens (tertiary/aromatic N) is 1. The van der Waals surface area contributed by atoms with Gasteiger partial charge in [-0.3, -0.25) is 0 Å². The first-order chi connectivity index (χ1) is 5.36. The monoisotopic (exact) mass is 151 g/mol. The van der Waals surface area contributed by atoms with Crippen LogP contribution >= 0.6 is 0 Å². The van der Waals surface area contributed by atoms with Gasteiger partial charge in [0.05, 0.1) is 6.54 Å².